The van der Waals surface area contributed by atoms with Crippen molar-refractivity contribution in [3.8, 4) is 0 Å². The molecule has 90 valence electrons. The molecule has 0 heterocycles. The topological polar surface area (TPSA) is 26.0 Å². The fraction of sp³-hybridized carbons (Fsp3) is 0.857. The summed E-state index contributed by atoms with van der Waals surface area (Å²) in [6.45, 7) is 12.1. The van der Waals surface area contributed by atoms with Gasteiger partial charge in [-0.3, -0.25) is 0 Å². The van der Waals surface area contributed by atoms with Crippen molar-refractivity contribution in [2.75, 3.05) is 6.54 Å². The standard InChI is InChI=1S/C14H29N/c1-6-14(5,7-2)10-8-9-13(11-15)12(3)4/h6-11,15H2,1-5H3. The molecule has 0 aliphatic rings. The van der Waals surface area contributed by atoms with E-state index < -0.39 is 0 Å². The molecule has 0 atom stereocenters. The number of rotatable bonds is 7. The van der Waals surface area contributed by atoms with Crippen LogP contribution in [0.2, 0.25) is 0 Å². The summed E-state index contributed by atoms with van der Waals surface area (Å²) in [4.78, 5) is 0. The van der Waals surface area contributed by atoms with E-state index in [0.717, 1.165) is 6.54 Å². The zero-order valence-corrected chi connectivity index (χ0v) is 11.3. The molecule has 15 heavy (non-hydrogen) atoms. The molecule has 2 N–H and O–H groups in total. The minimum atomic E-state index is 0.543. The van der Waals surface area contributed by atoms with Crippen LogP contribution in [0.25, 0.3) is 0 Å². The van der Waals surface area contributed by atoms with Gasteiger partial charge in [0.25, 0.3) is 0 Å². The highest BCUT2D eigenvalue weighted by Crippen LogP contribution is 2.32. The van der Waals surface area contributed by atoms with E-state index in [2.05, 4.69) is 34.6 Å². The van der Waals surface area contributed by atoms with Gasteiger partial charge in [-0.1, -0.05) is 44.8 Å². The predicted octanol–water partition coefficient (Wildman–Crippen LogP) is 4.28. The summed E-state index contributed by atoms with van der Waals surface area (Å²) in [6, 6.07) is 0. The van der Waals surface area contributed by atoms with E-state index in [0.29, 0.717) is 5.41 Å². The van der Waals surface area contributed by atoms with Gasteiger partial charge < -0.3 is 5.73 Å². The van der Waals surface area contributed by atoms with E-state index in [4.69, 9.17) is 5.73 Å². The summed E-state index contributed by atoms with van der Waals surface area (Å²) in [5.41, 5.74) is 9.13. The van der Waals surface area contributed by atoms with Gasteiger partial charge in [-0.25, -0.2) is 0 Å². The molecule has 0 rings (SSSR count). The van der Waals surface area contributed by atoms with Gasteiger partial charge >= 0.3 is 0 Å². The van der Waals surface area contributed by atoms with E-state index in [9.17, 15) is 0 Å². The second kappa shape index (κ2) is 7.05. The van der Waals surface area contributed by atoms with Gasteiger partial charge in [0.1, 0.15) is 0 Å². The molecule has 0 spiro atoms. The highest BCUT2D eigenvalue weighted by molar-refractivity contribution is 5.10. The Morgan fingerprint density at radius 2 is 1.67 bits per heavy atom. The lowest BCUT2D eigenvalue weighted by atomic mass is 9.79. The van der Waals surface area contributed by atoms with Crippen LogP contribution in [-0.2, 0) is 0 Å². The van der Waals surface area contributed by atoms with Crippen molar-refractivity contribution in [2.45, 2.75) is 66.7 Å². The largest absolute Gasteiger partial charge is 0.327 e. The molecule has 1 heteroatoms. The molecule has 1 nitrogen and oxygen atoms in total. The Bertz CT molecular complexity index is 195. The number of nitrogens with two attached hydrogens (primary N) is 1. The minimum absolute atomic E-state index is 0.543. The maximum atomic E-state index is 5.73. The van der Waals surface area contributed by atoms with Gasteiger partial charge in [-0.05, 0) is 38.5 Å². The Labute approximate surface area is 96.1 Å². The van der Waals surface area contributed by atoms with Gasteiger partial charge in [-0.15, -0.1) is 0 Å². The number of allylic oxidation sites excluding steroid dienone is 1. The minimum Gasteiger partial charge on any atom is -0.327 e. The lowest BCUT2D eigenvalue weighted by Gasteiger charge is -2.26. The third-order valence-electron chi connectivity index (χ3n) is 3.92. The zero-order valence-electron chi connectivity index (χ0n) is 11.3. The summed E-state index contributed by atoms with van der Waals surface area (Å²) < 4.78 is 0. The fourth-order valence-electron chi connectivity index (χ4n) is 1.89. The monoisotopic (exact) mass is 211 g/mol. The molecule has 0 radical (unpaired) electrons. The molecular weight excluding hydrogens is 182 g/mol. The summed E-state index contributed by atoms with van der Waals surface area (Å²) in [7, 11) is 0. The number of hydrogen-bond donors (Lipinski definition) is 1. The molecule has 0 aromatic rings. The van der Waals surface area contributed by atoms with Gasteiger partial charge in [0.05, 0.1) is 0 Å². The molecule has 0 aliphatic heterocycles. The normalized spacial score (nSPS) is 11.6. The lowest BCUT2D eigenvalue weighted by molar-refractivity contribution is 0.265. The van der Waals surface area contributed by atoms with Gasteiger partial charge in [0, 0.05) is 6.54 Å². The Hall–Kier alpha value is -0.300. The Balaban J connectivity index is 4.03. The third-order valence-corrected chi connectivity index (χ3v) is 3.92. The van der Waals surface area contributed by atoms with Crippen LogP contribution in [0.15, 0.2) is 11.1 Å². The van der Waals surface area contributed by atoms with Crippen LogP contribution in [0.4, 0.5) is 0 Å². The van der Waals surface area contributed by atoms with E-state index in [1.54, 1.807) is 0 Å². The van der Waals surface area contributed by atoms with Crippen molar-refractivity contribution in [1.82, 2.24) is 0 Å². The van der Waals surface area contributed by atoms with Crippen LogP contribution in [0.1, 0.15) is 66.7 Å². The molecule has 0 saturated carbocycles. The van der Waals surface area contributed by atoms with E-state index >= 15 is 0 Å². The molecule has 0 aliphatic carbocycles. The molecular formula is C14H29N. The third kappa shape index (κ3) is 5.36. The first-order valence-corrected chi connectivity index (χ1v) is 6.34. The van der Waals surface area contributed by atoms with Gasteiger partial charge in [0.2, 0.25) is 0 Å². The second-order valence-corrected chi connectivity index (χ2v) is 5.18. The highest BCUT2D eigenvalue weighted by atomic mass is 14.5. The van der Waals surface area contributed by atoms with Crippen molar-refractivity contribution in [1.29, 1.82) is 0 Å². The highest BCUT2D eigenvalue weighted by Gasteiger charge is 2.18. The zero-order chi connectivity index (χ0) is 11.9. The predicted molar refractivity (Wildman–Crippen MR) is 70.0 cm³/mol. The first-order valence-electron chi connectivity index (χ1n) is 6.34. The summed E-state index contributed by atoms with van der Waals surface area (Å²) in [5.74, 6) is 0. The van der Waals surface area contributed by atoms with Crippen LogP contribution in [-0.4, -0.2) is 6.54 Å². The van der Waals surface area contributed by atoms with Crippen LogP contribution in [0, 0.1) is 5.41 Å². The fourth-order valence-corrected chi connectivity index (χ4v) is 1.89. The van der Waals surface area contributed by atoms with Crippen molar-refractivity contribution >= 4 is 0 Å². The first-order chi connectivity index (χ1) is 6.99. The van der Waals surface area contributed by atoms with Crippen molar-refractivity contribution in [3.05, 3.63) is 11.1 Å². The maximum absolute atomic E-state index is 5.73. The maximum Gasteiger partial charge on any atom is 0.0139 e. The van der Waals surface area contributed by atoms with Gasteiger partial charge in [-0.2, -0.15) is 0 Å². The molecule has 0 fully saturated rings. The van der Waals surface area contributed by atoms with E-state index in [-0.39, 0.29) is 0 Å². The average Bonchev–Trinajstić information content (AvgIpc) is 2.23. The Morgan fingerprint density at radius 3 is 2.00 bits per heavy atom. The Kier molecular flexibility index (Phi) is 6.91. The van der Waals surface area contributed by atoms with Crippen LogP contribution >= 0.6 is 0 Å². The summed E-state index contributed by atoms with van der Waals surface area (Å²) in [6.07, 6.45) is 6.38. The smallest absolute Gasteiger partial charge is 0.0139 e. The molecule has 0 saturated heterocycles. The van der Waals surface area contributed by atoms with Crippen molar-refractivity contribution in [3.63, 3.8) is 0 Å². The molecule has 0 aromatic carbocycles. The van der Waals surface area contributed by atoms with Crippen LogP contribution in [0.3, 0.4) is 0 Å². The molecule has 0 aromatic heterocycles. The summed E-state index contributed by atoms with van der Waals surface area (Å²) >= 11 is 0. The molecule has 0 amide bonds. The average molecular weight is 211 g/mol. The summed E-state index contributed by atoms with van der Waals surface area (Å²) in [5, 5.41) is 0. The number of hydrogen-bond acceptors (Lipinski definition) is 1. The lowest BCUT2D eigenvalue weighted by Crippen LogP contribution is -2.14. The van der Waals surface area contributed by atoms with Crippen LogP contribution in [0.5, 0.6) is 0 Å². The quantitative estimate of drug-likeness (QED) is 0.625. The van der Waals surface area contributed by atoms with E-state index in [1.165, 1.54) is 43.3 Å². The second-order valence-electron chi connectivity index (χ2n) is 5.18. The Morgan fingerprint density at radius 1 is 1.13 bits per heavy atom. The van der Waals surface area contributed by atoms with Crippen molar-refractivity contribution < 1.29 is 0 Å². The first kappa shape index (κ1) is 14.7. The molecule has 0 bridgehead atoms. The van der Waals surface area contributed by atoms with Crippen molar-refractivity contribution in [2.24, 2.45) is 11.1 Å². The van der Waals surface area contributed by atoms with E-state index in [1.807, 2.05) is 0 Å². The SMILES string of the molecule is CCC(C)(CC)CCCC(CN)=C(C)C. The van der Waals surface area contributed by atoms with Crippen LogP contribution < -0.4 is 5.73 Å². The van der Waals surface area contributed by atoms with Gasteiger partial charge in [0.15, 0.2) is 0 Å². The molecule has 0 unspecified atom stereocenters.